The van der Waals surface area contributed by atoms with Gasteiger partial charge in [-0.1, -0.05) is 6.92 Å². The number of phenolic OH excluding ortho intramolecular Hbond substituents is 1. The zero-order valence-electron chi connectivity index (χ0n) is 9.87. The Hall–Kier alpha value is -1.23. The van der Waals surface area contributed by atoms with E-state index in [4.69, 9.17) is 0 Å². The van der Waals surface area contributed by atoms with Crippen molar-refractivity contribution in [3.8, 4) is 5.75 Å². The van der Waals surface area contributed by atoms with Gasteiger partial charge in [0.15, 0.2) is 0 Å². The summed E-state index contributed by atoms with van der Waals surface area (Å²) in [5, 5.41) is 12.3. The summed E-state index contributed by atoms with van der Waals surface area (Å²) in [4.78, 5) is 11.8. The van der Waals surface area contributed by atoms with Crippen LogP contribution in [0.5, 0.6) is 5.75 Å². The Labute approximate surface area is 104 Å². The zero-order valence-corrected chi connectivity index (χ0v) is 10.7. The highest BCUT2D eigenvalue weighted by atomic mass is 32.2. The van der Waals surface area contributed by atoms with Gasteiger partial charge in [0.25, 0.3) is 5.91 Å². The molecule has 0 radical (unpaired) electrons. The van der Waals surface area contributed by atoms with E-state index in [1.54, 1.807) is 11.8 Å². The van der Waals surface area contributed by atoms with Crippen LogP contribution in [-0.4, -0.2) is 29.1 Å². The van der Waals surface area contributed by atoms with Gasteiger partial charge in [-0.15, -0.1) is 0 Å². The van der Waals surface area contributed by atoms with E-state index in [9.17, 15) is 14.3 Å². The second kappa shape index (κ2) is 6.49. The summed E-state index contributed by atoms with van der Waals surface area (Å²) < 4.78 is 12.8. The molecule has 1 unspecified atom stereocenters. The number of thioether (sulfide) groups is 1. The molecular formula is C12H16FNO2S. The highest BCUT2D eigenvalue weighted by Gasteiger charge is 2.15. The predicted octanol–water partition coefficient (Wildman–Crippen LogP) is 2.40. The monoisotopic (exact) mass is 257 g/mol. The average Bonchev–Trinajstić information content (AvgIpc) is 2.28. The van der Waals surface area contributed by atoms with E-state index >= 15 is 0 Å². The first kappa shape index (κ1) is 13.8. The third kappa shape index (κ3) is 3.93. The molecule has 3 nitrogen and oxygen atoms in total. The van der Waals surface area contributed by atoms with Gasteiger partial charge in [-0.3, -0.25) is 4.79 Å². The summed E-state index contributed by atoms with van der Waals surface area (Å²) in [6.45, 7) is 1.98. The lowest BCUT2D eigenvalue weighted by molar-refractivity contribution is 0.0937. The molecule has 5 heteroatoms. The van der Waals surface area contributed by atoms with Crippen LogP contribution in [0.2, 0.25) is 0 Å². The Bertz CT molecular complexity index is 398. The molecule has 1 atom stereocenters. The van der Waals surface area contributed by atoms with Gasteiger partial charge in [0.2, 0.25) is 0 Å². The minimum Gasteiger partial charge on any atom is -0.507 e. The number of hydrogen-bond donors (Lipinski definition) is 2. The smallest absolute Gasteiger partial charge is 0.255 e. The molecule has 0 aromatic heterocycles. The van der Waals surface area contributed by atoms with Crippen LogP contribution in [-0.2, 0) is 0 Å². The quantitative estimate of drug-likeness (QED) is 0.851. The van der Waals surface area contributed by atoms with Crippen molar-refractivity contribution in [2.24, 2.45) is 0 Å². The van der Waals surface area contributed by atoms with Crippen molar-refractivity contribution < 1.29 is 14.3 Å². The maximum Gasteiger partial charge on any atom is 0.255 e. The minimum atomic E-state index is -0.560. The van der Waals surface area contributed by atoms with Crippen LogP contribution in [0.4, 0.5) is 4.39 Å². The fraction of sp³-hybridized carbons (Fsp3) is 0.417. The number of halogens is 1. The van der Waals surface area contributed by atoms with E-state index < -0.39 is 5.82 Å². The molecule has 17 heavy (non-hydrogen) atoms. The molecule has 0 bridgehead atoms. The van der Waals surface area contributed by atoms with E-state index in [0.717, 1.165) is 24.3 Å². The molecule has 1 aromatic rings. The number of aromatic hydroxyl groups is 1. The summed E-state index contributed by atoms with van der Waals surface area (Å²) in [7, 11) is 0. The number of amides is 1. The number of carbonyl (C=O) groups excluding carboxylic acids is 1. The van der Waals surface area contributed by atoms with Gasteiger partial charge in [0.1, 0.15) is 11.6 Å². The van der Waals surface area contributed by atoms with Crippen LogP contribution >= 0.6 is 11.8 Å². The van der Waals surface area contributed by atoms with Gasteiger partial charge in [-0.2, -0.15) is 11.8 Å². The lowest BCUT2D eigenvalue weighted by Crippen LogP contribution is -2.36. The normalized spacial score (nSPS) is 12.2. The molecule has 0 aliphatic heterocycles. The van der Waals surface area contributed by atoms with Gasteiger partial charge in [-0.25, -0.2) is 4.39 Å². The van der Waals surface area contributed by atoms with E-state index in [2.05, 4.69) is 5.32 Å². The van der Waals surface area contributed by atoms with Gasteiger partial charge in [-0.05, 0) is 24.8 Å². The van der Waals surface area contributed by atoms with Gasteiger partial charge in [0, 0.05) is 17.9 Å². The lowest BCUT2D eigenvalue weighted by atomic mass is 10.1. The third-order valence-electron chi connectivity index (χ3n) is 2.40. The molecule has 0 heterocycles. The van der Waals surface area contributed by atoms with Gasteiger partial charge in [0.05, 0.1) is 5.56 Å². The predicted molar refractivity (Wildman–Crippen MR) is 68.0 cm³/mol. The summed E-state index contributed by atoms with van der Waals surface area (Å²) >= 11 is 1.64. The van der Waals surface area contributed by atoms with Crippen LogP contribution in [0.1, 0.15) is 23.7 Å². The molecule has 1 aromatic carbocycles. The first-order chi connectivity index (χ1) is 8.08. The highest BCUT2D eigenvalue weighted by Crippen LogP contribution is 2.18. The largest absolute Gasteiger partial charge is 0.507 e. The molecular weight excluding hydrogens is 241 g/mol. The fourth-order valence-corrected chi connectivity index (χ4v) is 2.14. The molecule has 0 saturated carbocycles. The van der Waals surface area contributed by atoms with E-state index in [1.165, 1.54) is 6.07 Å². The Morgan fingerprint density at radius 1 is 1.59 bits per heavy atom. The number of rotatable bonds is 5. The van der Waals surface area contributed by atoms with Crippen LogP contribution in [0.25, 0.3) is 0 Å². The van der Waals surface area contributed by atoms with Gasteiger partial charge < -0.3 is 10.4 Å². The SMILES string of the molecule is CCC(CSC)NC(=O)c1ccc(F)cc1O. The van der Waals surface area contributed by atoms with Crippen molar-refractivity contribution >= 4 is 17.7 Å². The number of benzene rings is 1. The summed E-state index contributed by atoms with van der Waals surface area (Å²) in [5.41, 5.74) is 0.103. The third-order valence-corrected chi connectivity index (χ3v) is 3.14. The Balaban J connectivity index is 2.75. The second-order valence-electron chi connectivity index (χ2n) is 3.70. The first-order valence-corrected chi connectivity index (χ1v) is 6.76. The average molecular weight is 257 g/mol. The van der Waals surface area contributed by atoms with Crippen LogP contribution in [0.15, 0.2) is 18.2 Å². The van der Waals surface area contributed by atoms with E-state index in [1.807, 2.05) is 13.2 Å². The van der Waals surface area contributed by atoms with Crippen molar-refractivity contribution in [2.75, 3.05) is 12.0 Å². The lowest BCUT2D eigenvalue weighted by Gasteiger charge is -2.16. The molecule has 1 rings (SSSR count). The van der Waals surface area contributed by atoms with E-state index in [0.29, 0.717) is 0 Å². The van der Waals surface area contributed by atoms with Crippen molar-refractivity contribution in [1.29, 1.82) is 0 Å². The molecule has 0 fully saturated rings. The fourth-order valence-electron chi connectivity index (χ4n) is 1.42. The standard InChI is InChI=1S/C12H16FNO2S/c1-3-9(7-17-2)14-12(16)10-5-4-8(13)6-11(10)15/h4-6,9,15H,3,7H2,1-2H3,(H,14,16). The molecule has 0 saturated heterocycles. The number of hydrogen-bond acceptors (Lipinski definition) is 3. The second-order valence-corrected chi connectivity index (χ2v) is 4.61. The van der Waals surface area contributed by atoms with Crippen LogP contribution in [0, 0.1) is 5.82 Å². The Kier molecular flexibility index (Phi) is 5.28. The number of nitrogens with one attached hydrogen (secondary N) is 1. The van der Waals surface area contributed by atoms with Crippen LogP contribution in [0.3, 0.4) is 0 Å². The summed E-state index contributed by atoms with van der Waals surface area (Å²) in [6.07, 6.45) is 2.78. The highest BCUT2D eigenvalue weighted by molar-refractivity contribution is 7.98. The van der Waals surface area contributed by atoms with Crippen molar-refractivity contribution in [3.63, 3.8) is 0 Å². The van der Waals surface area contributed by atoms with Crippen LogP contribution < -0.4 is 5.32 Å². The summed E-state index contributed by atoms with van der Waals surface area (Å²) in [5.74, 6) is -0.454. The zero-order chi connectivity index (χ0) is 12.8. The molecule has 0 spiro atoms. The molecule has 0 aliphatic rings. The number of carbonyl (C=O) groups is 1. The summed E-state index contributed by atoms with van der Waals surface area (Å²) in [6, 6.07) is 3.43. The van der Waals surface area contributed by atoms with Crippen molar-refractivity contribution in [2.45, 2.75) is 19.4 Å². The molecule has 1 amide bonds. The topological polar surface area (TPSA) is 49.3 Å². The maximum absolute atomic E-state index is 12.8. The molecule has 94 valence electrons. The number of phenols is 1. The van der Waals surface area contributed by atoms with Crippen molar-refractivity contribution in [3.05, 3.63) is 29.6 Å². The maximum atomic E-state index is 12.8. The van der Waals surface area contributed by atoms with Crippen molar-refractivity contribution in [1.82, 2.24) is 5.32 Å². The van der Waals surface area contributed by atoms with Gasteiger partial charge >= 0.3 is 0 Å². The Morgan fingerprint density at radius 2 is 2.29 bits per heavy atom. The first-order valence-electron chi connectivity index (χ1n) is 5.36. The van der Waals surface area contributed by atoms with E-state index in [-0.39, 0.29) is 23.3 Å². The minimum absolute atomic E-state index is 0.0574. The molecule has 0 aliphatic carbocycles. The molecule has 2 N–H and O–H groups in total. The Morgan fingerprint density at radius 3 is 2.82 bits per heavy atom.